The van der Waals surface area contributed by atoms with Gasteiger partial charge in [0.05, 0.1) is 6.04 Å². The lowest BCUT2D eigenvalue weighted by atomic mass is 9.96. The van der Waals surface area contributed by atoms with Crippen molar-refractivity contribution in [3.05, 3.63) is 95.3 Å². The number of aromatic hydroxyl groups is 1. The van der Waals surface area contributed by atoms with Crippen molar-refractivity contribution in [1.82, 2.24) is 9.97 Å². The number of hydrogen-bond donors (Lipinski definition) is 2. The number of halogens is 1. The molecule has 4 nitrogen and oxygen atoms in total. The highest BCUT2D eigenvalue weighted by Crippen LogP contribution is 2.38. The molecule has 0 spiro atoms. The number of hydrogen-bond acceptors (Lipinski definition) is 4. The Morgan fingerprint density at radius 3 is 2.42 bits per heavy atom. The molecule has 128 valence electrons. The third-order valence-corrected chi connectivity index (χ3v) is 4.61. The SMILES string of the molecule is Oc1c([C@@H](Nc2ccccn2)c2ccccc2Cl)ccc2cccnc12. The lowest BCUT2D eigenvalue weighted by molar-refractivity contribution is 0.471. The van der Waals surface area contributed by atoms with E-state index in [4.69, 9.17) is 11.6 Å². The first-order chi connectivity index (χ1) is 12.7. The number of nitrogens with one attached hydrogen (secondary N) is 1. The Balaban J connectivity index is 1.88. The van der Waals surface area contributed by atoms with Crippen LogP contribution in [0.3, 0.4) is 0 Å². The molecule has 2 heterocycles. The zero-order valence-corrected chi connectivity index (χ0v) is 14.6. The number of phenolic OH excluding ortho intramolecular Hbond substituents is 1. The Labute approximate surface area is 156 Å². The van der Waals surface area contributed by atoms with Crippen molar-refractivity contribution < 1.29 is 5.11 Å². The molecular formula is C21H16ClN3O. The number of rotatable bonds is 4. The summed E-state index contributed by atoms with van der Waals surface area (Å²) in [7, 11) is 0. The van der Waals surface area contributed by atoms with Crippen LogP contribution in [0.15, 0.2) is 79.1 Å². The molecule has 0 unspecified atom stereocenters. The fourth-order valence-corrected chi connectivity index (χ4v) is 3.25. The summed E-state index contributed by atoms with van der Waals surface area (Å²) in [6.07, 6.45) is 3.39. The standard InChI is InChI=1S/C21H16ClN3O/c22-17-8-2-1-7-15(17)20(25-18-9-3-4-12-23-18)16-11-10-14-6-5-13-24-19(14)21(16)26/h1-13,20,26H,(H,23,25)/t20-/m0/s1. The van der Waals surface area contributed by atoms with E-state index in [0.717, 1.165) is 10.9 Å². The van der Waals surface area contributed by atoms with Crippen LogP contribution in [0.25, 0.3) is 10.9 Å². The van der Waals surface area contributed by atoms with Crippen molar-refractivity contribution >= 4 is 28.3 Å². The molecule has 0 saturated carbocycles. The maximum Gasteiger partial charge on any atom is 0.147 e. The molecule has 4 aromatic rings. The van der Waals surface area contributed by atoms with E-state index in [1.165, 1.54) is 0 Å². The third-order valence-electron chi connectivity index (χ3n) is 4.26. The van der Waals surface area contributed by atoms with Crippen LogP contribution in [0.4, 0.5) is 5.82 Å². The minimum Gasteiger partial charge on any atom is -0.505 e. The van der Waals surface area contributed by atoms with Gasteiger partial charge in [-0.05, 0) is 29.8 Å². The van der Waals surface area contributed by atoms with Gasteiger partial charge in [0.2, 0.25) is 0 Å². The fourth-order valence-electron chi connectivity index (χ4n) is 3.01. The van der Waals surface area contributed by atoms with Gasteiger partial charge < -0.3 is 10.4 Å². The second kappa shape index (κ2) is 7.02. The van der Waals surface area contributed by atoms with Gasteiger partial charge in [-0.15, -0.1) is 0 Å². The van der Waals surface area contributed by atoms with Crippen LogP contribution in [-0.2, 0) is 0 Å². The molecule has 4 rings (SSSR count). The quantitative estimate of drug-likeness (QED) is 0.525. The molecule has 0 bridgehead atoms. The second-order valence-corrected chi connectivity index (χ2v) is 6.30. The van der Waals surface area contributed by atoms with Gasteiger partial charge in [0, 0.05) is 28.4 Å². The molecule has 0 aliphatic rings. The number of anilines is 1. The van der Waals surface area contributed by atoms with Crippen LogP contribution < -0.4 is 5.32 Å². The maximum absolute atomic E-state index is 10.9. The summed E-state index contributed by atoms with van der Waals surface area (Å²) in [5.74, 6) is 0.828. The van der Waals surface area contributed by atoms with E-state index in [0.29, 0.717) is 21.9 Å². The van der Waals surface area contributed by atoms with Gasteiger partial charge in [-0.1, -0.05) is 54.1 Å². The zero-order valence-electron chi connectivity index (χ0n) is 13.8. The van der Waals surface area contributed by atoms with Gasteiger partial charge in [0.1, 0.15) is 17.1 Å². The Bertz CT molecular complexity index is 1050. The van der Waals surface area contributed by atoms with Crippen molar-refractivity contribution in [1.29, 1.82) is 0 Å². The van der Waals surface area contributed by atoms with Gasteiger partial charge in [0.25, 0.3) is 0 Å². The van der Waals surface area contributed by atoms with Gasteiger partial charge >= 0.3 is 0 Å². The first-order valence-electron chi connectivity index (χ1n) is 8.22. The van der Waals surface area contributed by atoms with Crippen LogP contribution in [0.1, 0.15) is 17.2 Å². The van der Waals surface area contributed by atoms with Crippen molar-refractivity contribution in [2.45, 2.75) is 6.04 Å². The van der Waals surface area contributed by atoms with Crippen LogP contribution >= 0.6 is 11.6 Å². The molecule has 2 aromatic heterocycles. The first kappa shape index (κ1) is 16.4. The van der Waals surface area contributed by atoms with Gasteiger partial charge in [-0.3, -0.25) is 4.98 Å². The van der Waals surface area contributed by atoms with Gasteiger partial charge in [-0.25, -0.2) is 4.98 Å². The molecule has 0 fully saturated rings. The van der Waals surface area contributed by atoms with E-state index in [-0.39, 0.29) is 11.8 Å². The summed E-state index contributed by atoms with van der Waals surface area (Å²) in [5, 5.41) is 15.8. The van der Waals surface area contributed by atoms with E-state index in [9.17, 15) is 5.11 Å². The smallest absolute Gasteiger partial charge is 0.147 e. The van der Waals surface area contributed by atoms with Gasteiger partial charge in [0.15, 0.2) is 0 Å². The van der Waals surface area contributed by atoms with E-state index in [1.807, 2.05) is 66.7 Å². The summed E-state index contributed by atoms with van der Waals surface area (Å²) in [4.78, 5) is 8.66. The average molecular weight is 362 g/mol. The van der Waals surface area contributed by atoms with Crippen LogP contribution in [0.2, 0.25) is 5.02 Å². The number of fused-ring (bicyclic) bond motifs is 1. The summed E-state index contributed by atoms with van der Waals surface area (Å²) in [6, 6.07) is 20.4. The number of benzene rings is 2. The van der Waals surface area contributed by atoms with E-state index in [1.54, 1.807) is 12.4 Å². The molecule has 2 aromatic carbocycles. The number of phenols is 1. The summed E-state index contributed by atoms with van der Waals surface area (Å²) < 4.78 is 0. The van der Waals surface area contributed by atoms with E-state index < -0.39 is 0 Å². The molecule has 5 heteroatoms. The van der Waals surface area contributed by atoms with Gasteiger partial charge in [-0.2, -0.15) is 0 Å². The average Bonchev–Trinajstić information content (AvgIpc) is 2.68. The molecule has 0 aliphatic carbocycles. The minimum absolute atomic E-state index is 0.136. The van der Waals surface area contributed by atoms with E-state index in [2.05, 4.69) is 15.3 Å². The fraction of sp³-hybridized carbons (Fsp3) is 0.0476. The Morgan fingerprint density at radius 2 is 1.62 bits per heavy atom. The highest BCUT2D eigenvalue weighted by atomic mass is 35.5. The summed E-state index contributed by atoms with van der Waals surface area (Å²) in [6.45, 7) is 0. The largest absolute Gasteiger partial charge is 0.505 e. The summed E-state index contributed by atoms with van der Waals surface area (Å²) >= 11 is 6.45. The molecule has 2 N–H and O–H groups in total. The number of pyridine rings is 2. The maximum atomic E-state index is 10.9. The predicted molar refractivity (Wildman–Crippen MR) is 105 cm³/mol. The topological polar surface area (TPSA) is 58.0 Å². The van der Waals surface area contributed by atoms with Crippen molar-refractivity contribution in [3.8, 4) is 5.75 Å². The van der Waals surface area contributed by atoms with Crippen molar-refractivity contribution in [2.75, 3.05) is 5.32 Å². The lowest BCUT2D eigenvalue weighted by Crippen LogP contribution is -2.14. The molecule has 0 radical (unpaired) electrons. The highest BCUT2D eigenvalue weighted by Gasteiger charge is 2.22. The van der Waals surface area contributed by atoms with Crippen LogP contribution in [-0.4, -0.2) is 15.1 Å². The molecular weight excluding hydrogens is 346 g/mol. The molecule has 0 amide bonds. The summed E-state index contributed by atoms with van der Waals surface area (Å²) in [5.41, 5.74) is 2.10. The zero-order chi connectivity index (χ0) is 17.9. The second-order valence-electron chi connectivity index (χ2n) is 5.89. The van der Waals surface area contributed by atoms with Crippen molar-refractivity contribution in [2.24, 2.45) is 0 Å². The monoisotopic (exact) mass is 361 g/mol. The predicted octanol–water partition coefficient (Wildman–Crippen LogP) is 5.19. The number of aromatic nitrogens is 2. The Hall–Kier alpha value is -3.11. The number of nitrogens with zero attached hydrogens (tertiary/aromatic N) is 2. The Kier molecular flexibility index (Phi) is 4.42. The highest BCUT2D eigenvalue weighted by molar-refractivity contribution is 6.31. The van der Waals surface area contributed by atoms with E-state index >= 15 is 0 Å². The minimum atomic E-state index is -0.370. The third kappa shape index (κ3) is 3.07. The first-order valence-corrected chi connectivity index (χ1v) is 8.60. The lowest BCUT2D eigenvalue weighted by Gasteiger charge is -2.22. The molecule has 26 heavy (non-hydrogen) atoms. The molecule has 1 atom stereocenters. The van der Waals surface area contributed by atoms with Crippen LogP contribution in [0.5, 0.6) is 5.75 Å². The Morgan fingerprint density at radius 1 is 0.808 bits per heavy atom. The molecule has 0 saturated heterocycles. The normalized spacial score (nSPS) is 12.0. The van der Waals surface area contributed by atoms with Crippen molar-refractivity contribution in [3.63, 3.8) is 0 Å². The molecule has 0 aliphatic heterocycles. The van der Waals surface area contributed by atoms with Crippen LogP contribution in [0, 0.1) is 0 Å².